The Morgan fingerprint density at radius 2 is 2.06 bits per heavy atom. The van der Waals surface area contributed by atoms with Gasteiger partial charge in [-0.1, -0.05) is 35.9 Å². The monoisotopic (exact) mass is 243 g/mol. The minimum atomic E-state index is 0.399. The number of aryl methyl sites for hydroxylation is 1. The van der Waals surface area contributed by atoms with Gasteiger partial charge in [0.1, 0.15) is 10.7 Å². The summed E-state index contributed by atoms with van der Waals surface area (Å²) in [4.78, 5) is 11.7. The van der Waals surface area contributed by atoms with Crippen molar-refractivity contribution in [3.05, 3.63) is 47.2 Å². The summed E-state index contributed by atoms with van der Waals surface area (Å²) in [6, 6.07) is 10.2. The van der Waals surface area contributed by atoms with E-state index >= 15 is 0 Å². The molecule has 0 aliphatic rings. The average Bonchev–Trinajstić information content (AvgIpc) is 2.72. The van der Waals surface area contributed by atoms with Gasteiger partial charge in [0.15, 0.2) is 5.65 Å². The third-order valence-corrected chi connectivity index (χ3v) is 2.92. The normalized spacial score (nSPS) is 10.9. The lowest BCUT2D eigenvalue weighted by atomic mass is 10.1. The van der Waals surface area contributed by atoms with E-state index in [2.05, 4.69) is 34.0 Å². The van der Waals surface area contributed by atoms with E-state index in [9.17, 15) is 0 Å². The highest BCUT2D eigenvalue weighted by Crippen LogP contribution is 2.25. The molecule has 0 saturated carbocycles. The Bertz CT molecular complexity index is 688. The Hall–Kier alpha value is -1.87. The molecule has 4 heteroatoms. The van der Waals surface area contributed by atoms with E-state index in [4.69, 9.17) is 11.6 Å². The zero-order valence-electron chi connectivity index (χ0n) is 9.24. The number of hydrogen-bond acceptors (Lipinski definition) is 2. The van der Waals surface area contributed by atoms with Crippen molar-refractivity contribution in [1.29, 1.82) is 0 Å². The fourth-order valence-corrected chi connectivity index (χ4v) is 2.03. The number of benzene rings is 1. The van der Waals surface area contributed by atoms with Crippen LogP contribution in [0.4, 0.5) is 0 Å². The molecule has 0 aliphatic heterocycles. The van der Waals surface area contributed by atoms with Crippen LogP contribution in [0.2, 0.25) is 5.15 Å². The van der Waals surface area contributed by atoms with Crippen LogP contribution in [0, 0.1) is 6.92 Å². The fraction of sp³-hybridized carbons (Fsp3) is 0.0769. The molecule has 3 rings (SSSR count). The number of halogens is 1. The topological polar surface area (TPSA) is 41.6 Å². The SMILES string of the molecule is Cc1ccccc1-c1cc2ncc(Cl)nc2[nH]1. The second kappa shape index (κ2) is 3.86. The molecular formula is C13H10ClN3. The molecule has 84 valence electrons. The smallest absolute Gasteiger partial charge is 0.158 e. The summed E-state index contributed by atoms with van der Waals surface area (Å²) in [7, 11) is 0. The van der Waals surface area contributed by atoms with E-state index < -0.39 is 0 Å². The molecule has 0 bridgehead atoms. The first kappa shape index (κ1) is 10.3. The predicted octanol–water partition coefficient (Wildman–Crippen LogP) is 3.59. The highest BCUT2D eigenvalue weighted by Gasteiger charge is 2.07. The van der Waals surface area contributed by atoms with Gasteiger partial charge in [0, 0.05) is 11.3 Å². The summed E-state index contributed by atoms with van der Waals surface area (Å²) in [5.74, 6) is 0. The molecule has 0 atom stereocenters. The Kier molecular flexibility index (Phi) is 2.34. The molecule has 2 heterocycles. The number of nitrogens with zero attached hydrogens (tertiary/aromatic N) is 2. The first-order valence-electron chi connectivity index (χ1n) is 5.31. The van der Waals surface area contributed by atoms with Crippen LogP contribution < -0.4 is 0 Å². The summed E-state index contributed by atoms with van der Waals surface area (Å²) >= 11 is 5.81. The van der Waals surface area contributed by atoms with Crippen LogP contribution in [0.1, 0.15) is 5.56 Å². The Balaban J connectivity index is 2.22. The Labute approximate surface area is 103 Å². The van der Waals surface area contributed by atoms with E-state index in [0.717, 1.165) is 22.4 Å². The first-order chi connectivity index (χ1) is 8.24. The number of aromatic nitrogens is 3. The van der Waals surface area contributed by atoms with Crippen molar-refractivity contribution in [3.8, 4) is 11.3 Å². The lowest BCUT2D eigenvalue weighted by Crippen LogP contribution is -1.82. The van der Waals surface area contributed by atoms with Gasteiger partial charge in [-0.25, -0.2) is 9.97 Å². The quantitative estimate of drug-likeness (QED) is 0.710. The maximum absolute atomic E-state index is 5.81. The summed E-state index contributed by atoms with van der Waals surface area (Å²) in [5.41, 5.74) is 4.93. The lowest BCUT2D eigenvalue weighted by Gasteiger charge is -2.01. The van der Waals surface area contributed by atoms with E-state index in [0.29, 0.717) is 5.15 Å². The number of aromatic amines is 1. The van der Waals surface area contributed by atoms with Crippen LogP contribution >= 0.6 is 11.6 Å². The van der Waals surface area contributed by atoms with Gasteiger partial charge in [0.2, 0.25) is 0 Å². The predicted molar refractivity (Wildman–Crippen MR) is 69.1 cm³/mol. The summed E-state index contributed by atoms with van der Waals surface area (Å²) in [6.45, 7) is 2.08. The zero-order chi connectivity index (χ0) is 11.8. The number of fused-ring (bicyclic) bond motifs is 1. The van der Waals surface area contributed by atoms with Gasteiger partial charge >= 0.3 is 0 Å². The fourth-order valence-electron chi connectivity index (χ4n) is 1.90. The zero-order valence-corrected chi connectivity index (χ0v) is 9.99. The molecule has 3 nitrogen and oxygen atoms in total. The number of hydrogen-bond donors (Lipinski definition) is 1. The van der Waals surface area contributed by atoms with E-state index in [1.54, 1.807) is 6.20 Å². The van der Waals surface area contributed by atoms with Crippen molar-refractivity contribution in [2.75, 3.05) is 0 Å². The van der Waals surface area contributed by atoms with Gasteiger partial charge in [-0.3, -0.25) is 0 Å². The van der Waals surface area contributed by atoms with Crippen LogP contribution in [0.5, 0.6) is 0 Å². The molecule has 0 unspecified atom stereocenters. The van der Waals surface area contributed by atoms with E-state index in [1.165, 1.54) is 5.56 Å². The van der Waals surface area contributed by atoms with Gasteiger partial charge in [-0.05, 0) is 18.6 Å². The first-order valence-corrected chi connectivity index (χ1v) is 5.69. The molecule has 0 fully saturated rings. The molecule has 0 saturated heterocycles. The van der Waals surface area contributed by atoms with Crippen LogP contribution in [-0.2, 0) is 0 Å². The third-order valence-electron chi connectivity index (χ3n) is 2.74. The molecular weight excluding hydrogens is 234 g/mol. The molecule has 2 aromatic heterocycles. The number of rotatable bonds is 1. The van der Waals surface area contributed by atoms with E-state index in [1.807, 2.05) is 18.2 Å². The number of nitrogens with one attached hydrogen (secondary N) is 1. The van der Waals surface area contributed by atoms with Crippen LogP contribution in [-0.4, -0.2) is 15.0 Å². The van der Waals surface area contributed by atoms with Gasteiger partial charge < -0.3 is 4.98 Å². The molecule has 17 heavy (non-hydrogen) atoms. The maximum Gasteiger partial charge on any atom is 0.158 e. The van der Waals surface area contributed by atoms with Gasteiger partial charge in [0.05, 0.1) is 6.20 Å². The standard InChI is InChI=1S/C13H10ClN3/c1-8-4-2-3-5-9(8)10-6-11-13(16-10)17-12(14)7-15-11/h2-7H,1H3,(H,16,17). The van der Waals surface area contributed by atoms with Crippen molar-refractivity contribution in [3.63, 3.8) is 0 Å². The molecule has 1 N–H and O–H groups in total. The highest BCUT2D eigenvalue weighted by atomic mass is 35.5. The van der Waals surface area contributed by atoms with Crippen molar-refractivity contribution in [2.24, 2.45) is 0 Å². The number of H-pyrrole nitrogens is 1. The van der Waals surface area contributed by atoms with Gasteiger partial charge in [-0.2, -0.15) is 0 Å². The van der Waals surface area contributed by atoms with Crippen LogP contribution in [0.15, 0.2) is 36.5 Å². The minimum Gasteiger partial charge on any atom is -0.338 e. The molecule has 0 amide bonds. The Morgan fingerprint density at radius 1 is 1.24 bits per heavy atom. The van der Waals surface area contributed by atoms with Crippen LogP contribution in [0.25, 0.3) is 22.4 Å². The second-order valence-electron chi connectivity index (χ2n) is 3.92. The lowest BCUT2D eigenvalue weighted by molar-refractivity contribution is 1.26. The molecule has 0 radical (unpaired) electrons. The van der Waals surface area contributed by atoms with E-state index in [-0.39, 0.29) is 0 Å². The molecule has 1 aromatic carbocycles. The van der Waals surface area contributed by atoms with Crippen molar-refractivity contribution in [1.82, 2.24) is 15.0 Å². The average molecular weight is 244 g/mol. The van der Waals surface area contributed by atoms with Crippen molar-refractivity contribution < 1.29 is 0 Å². The summed E-state index contributed by atoms with van der Waals surface area (Å²) in [6.07, 6.45) is 1.55. The maximum atomic E-state index is 5.81. The van der Waals surface area contributed by atoms with Crippen molar-refractivity contribution >= 4 is 22.8 Å². The second-order valence-corrected chi connectivity index (χ2v) is 4.31. The van der Waals surface area contributed by atoms with Gasteiger partial charge in [0.25, 0.3) is 0 Å². The molecule has 3 aromatic rings. The summed E-state index contributed by atoms with van der Waals surface area (Å²) < 4.78 is 0. The Morgan fingerprint density at radius 3 is 2.88 bits per heavy atom. The van der Waals surface area contributed by atoms with Crippen molar-refractivity contribution in [2.45, 2.75) is 6.92 Å². The molecule has 0 spiro atoms. The summed E-state index contributed by atoms with van der Waals surface area (Å²) in [5, 5.41) is 0.399. The minimum absolute atomic E-state index is 0.399. The molecule has 0 aliphatic carbocycles. The van der Waals surface area contributed by atoms with Gasteiger partial charge in [-0.15, -0.1) is 0 Å². The third kappa shape index (κ3) is 1.78. The highest BCUT2D eigenvalue weighted by molar-refractivity contribution is 6.29. The van der Waals surface area contributed by atoms with Crippen LogP contribution in [0.3, 0.4) is 0 Å². The largest absolute Gasteiger partial charge is 0.338 e.